The van der Waals surface area contributed by atoms with Crippen LogP contribution >= 0.6 is 0 Å². The fourth-order valence-corrected chi connectivity index (χ4v) is 3.84. The van der Waals surface area contributed by atoms with E-state index >= 15 is 0 Å². The van der Waals surface area contributed by atoms with Crippen molar-refractivity contribution < 1.29 is 23.5 Å². The number of carbonyl (C=O) groups excluding carboxylic acids is 2. The fourth-order valence-electron chi connectivity index (χ4n) is 3.84. The van der Waals surface area contributed by atoms with Crippen LogP contribution in [0.1, 0.15) is 35.8 Å². The van der Waals surface area contributed by atoms with Crippen LogP contribution in [-0.4, -0.2) is 62.7 Å². The van der Waals surface area contributed by atoms with Crippen molar-refractivity contribution in [2.45, 2.75) is 25.9 Å². The van der Waals surface area contributed by atoms with Gasteiger partial charge in [-0.3, -0.25) is 14.5 Å². The number of hydrogen-bond acceptors (Lipinski definition) is 5. The Bertz CT molecular complexity index is 912. The van der Waals surface area contributed by atoms with Crippen molar-refractivity contribution >= 4 is 11.8 Å². The largest absolute Gasteiger partial charge is 0.497 e. The highest BCUT2D eigenvalue weighted by atomic mass is 19.1. The molecule has 0 saturated carbocycles. The van der Waals surface area contributed by atoms with Gasteiger partial charge in [0.1, 0.15) is 17.6 Å². The SMILES string of the molecule is COc1ccc(C(=O)N[C@@H](C(=O)NC[C@@H](c2ccc(F)cc2)N2CCOCC2)C(C)C)cc1. The van der Waals surface area contributed by atoms with Crippen molar-refractivity contribution in [2.75, 3.05) is 40.0 Å². The summed E-state index contributed by atoms with van der Waals surface area (Å²) in [7, 11) is 1.56. The third-order valence-corrected chi connectivity index (χ3v) is 5.80. The Kier molecular flexibility index (Phi) is 8.79. The standard InChI is InChI=1S/C25H32FN3O4/c1-17(2)23(28-24(30)19-6-10-21(32-3)11-7-19)25(31)27-16-22(29-12-14-33-15-13-29)18-4-8-20(26)9-5-18/h4-11,17,22-23H,12-16H2,1-3H3,(H,27,31)(H,28,30)/t22-,23+/m0/s1. The third-order valence-electron chi connectivity index (χ3n) is 5.80. The average Bonchev–Trinajstić information content (AvgIpc) is 2.84. The molecule has 1 fully saturated rings. The molecule has 7 nitrogen and oxygen atoms in total. The molecule has 0 radical (unpaired) electrons. The lowest BCUT2D eigenvalue weighted by Crippen LogP contribution is -2.52. The minimum atomic E-state index is -0.696. The lowest BCUT2D eigenvalue weighted by Gasteiger charge is -2.35. The first-order chi connectivity index (χ1) is 15.9. The summed E-state index contributed by atoms with van der Waals surface area (Å²) in [5.74, 6) is -0.342. The summed E-state index contributed by atoms with van der Waals surface area (Å²) in [5.41, 5.74) is 1.37. The molecule has 33 heavy (non-hydrogen) atoms. The lowest BCUT2D eigenvalue weighted by atomic mass is 10.0. The zero-order chi connectivity index (χ0) is 23.8. The zero-order valence-corrected chi connectivity index (χ0v) is 19.3. The van der Waals surface area contributed by atoms with Crippen molar-refractivity contribution in [3.05, 3.63) is 65.5 Å². The number of rotatable bonds is 9. The van der Waals surface area contributed by atoms with Crippen LogP contribution in [-0.2, 0) is 9.53 Å². The van der Waals surface area contributed by atoms with E-state index in [9.17, 15) is 14.0 Å². The number of carbonyl (C=O) groups is 2. The third kappa shape index (κ3) is 6.76. The average molecular weight is 458 g/mol. The van der Waals surface area contributed by atoms with Crippen LogP contribution < -0.4 is 15.4 Å². The molecule has 2 aromatic rings. The number of hydrogen-bond donors (Lipinski definition) is 2. The Morgan fingerprint density at radius 3 is 2.27 bits per heavy atom. The summed E-state index contributed by atoms with van der Waals surface area (Å²) >= 11 is 0. The van der Waals surface area contributed by atoms with Crippen molar-refractivity contribution in [3.8, 4) is 5.75 Å². The van der Waals surface area contributed by atoms with Gasteiger partial charge in [-0.15, -0.1) is 0 Å². The summed E-state index contributed by atoms with van der Waals surface area (Å²) in [6.07, 6.45) is 0. The summed E-state index contributed by atoms with van der Waals surface area (Å²) in [6, 6.07) is 12.2. The van der Waals surface area contributed by atoms with Gasteiger partial charge in [0.15, 0.2) is 0 Å². The van der Waals surface area contributed by atoms with Gasteiger partial charge in [-0.05, 0) is 47.9 Å². The van der Waals surface area contributed by atoms with Crippen LogP contribution in [0, 0.1) is 11.7 Å². The number of amides is 2. The second kappa shape index (κ2) is 11.8. The summed E-state index contributed by atoms with van der Waals surface area (Å²) in [4.78, 5) is 28.0. The van der Waals surface area contributed by atoms with Crippen LogP contribution in [0.25, 0.3) is 0 Å². The number of nitrogens with zero attached hydrogens (tertiary/aromatic N) is 1. The molecule has 178 valence electrons. The molecule has 0 unspecified atom stereocenters. The summed E-state index contributed by atoms with van der Waals surface area (Å²) in [5, 5.41) is 5.85. The van der Waals surface area contributed by atoms with Gasteiger partial charge in [0.25, 0.3) is 5.91 Å². The molecule has 2 atom stereocenters. The second-order valence-electron chi connectivity index (χ2n) is 8.38. The summed E-state index contributed by atoms with van der Waals surface area (Å²) < 4.78 is 24.0. The first kappa shape index (κ1) is 24.7. The number of halogens is 1. The number of nitrogens with one attached hydrogen (secondary N) is 2. The predicted octanol–water partition coefficient (Wildman–Crippen LogP) is 2.78. The van der Waals surface area contributed by atoms with Crippen molar-refractivity contribution in [2.24, 2.45) is 5.92 Å². The van der Waals surface area contributed by atoms with Gasteiger partial charge < -0.3 is 20.1 Å². The molecule has 0 aliphatic carbocycles. The Hall–Kier alpha value is -2.97. The maximum atomic E-state index is 13.5. The van der Waals surface area contributed by atoms with E-state index in [0.29, 0.717) is 31.1 Å². The highest BCUT2D eigenvalue weighted by Crippen LogP contribution is 2.22. The molecule has 1 aliphatic heterocycles. The highest BCUT2D eigenvalue weighted by Gasteiger charge is 2.28. The minimum Gasteiger partial charge on any atom is -0.497 e. The van der Waals surface area contributed by atoms with E-state index in [1.54, 1.807) is 43.5 Å². The smallest absolute Gasteiger partial charge is 0.251 e. The van der Waals surface area contributed by atoms with E-state index in [-0.39, 0.29) is 29.6 Å². The Balaban J connectivity index is 1.68. The van der Waals surface area contributed by atoms with Crippen molar-refractivity contribution in [3.63, 3.8) is 0 Å². The van der Waals surface area contributed by atoms with E-state index in [2.05, 4.69) is 15.5 Å². The maximum absolute atomic E-state index is 13.5. The topological polar surface area (TPSA) is 79.9 Å². The number of benzene rings is 2. The van der Waals surface area contributed by atoms with Crippen LogP contribution in [0.4, 0.5) is 4.39 Å². The Morgan fingerprint density at radius 2 is 1.70 bits per heavy atom. The highest BCUT2D eigenvalue weighted by molar-refractivity contribution is 5.97. The Morgan fingerprint density at radius 1 is 1.06 bits per heavy atom. The fraction of sp³-hybridized carbons (Fsp3) is 0.440. The Labute approximate surface area is 194 Å². The molecular weight excluding hydrogens is 425 g/mol. The molecule has 0 spiro atoms. The van der Waals surface area contributed by atoms with E-state index in [4.69, 9.17) is 9.47 Å². The zero-order valence-electron chi connectivity index (χ0n) is 19.3. The maximum Gasteiger partial charge on any atom is 0.251 e. The lowest BCUT2D eigenvalue weighted by molar-refractivity contribution is -0.124. The monoisotopic (exact) mass is 457 g/mol. The van der Waals surface area contributed by atoms with Crippen LogP contribution in [0.3, 0.4) is 0 Å². The van der Waals surface area contributed by atoms with E-state index in [1.807, 2.05) is 13.8 Å². The molecule has 0 bridgehead atoms. The molecule has 1 saturated heterocycles. The molecule has 2 amide bonds. The molecule has 1 heterocycles. The van der Waals surface area contributed by atoms with Gasteiger partial charge in [-0.25, -0.2) is 4.39 Å². The molecule has 1 aliphatic rings. The van der Waals surface area contributed by atoms with Crippen LogP contribution in [0.5, 0.6) is 5.75 Å². The first-order valence-electron chi connectivity index (χ1n) is 11.2. The van der Waals surface area contributed by atoms with E-state index in [1.165, 1.54) is 12.1 Å². The van der Waals surface area contributed by atoms with Gasteiger partial charge in [0, 0.05) is 25.2 Å². The van der Waals surface area contributed by atoms with Gasteiger partial charge in [-0.2, -0.15) is 0 Å². The molecule has 2 aromatic carbocycles. The minimum absolute atomic E-state index is 0.111. The number of methoxy groups -OCH3 is 1. The molecule has 2 N–H and O–H groups in total. The summed E-state index contributed by atoms with van der Waals surface area (Å²) in [6.45, 7) is 6.78. The van der Waals surface area contributed by atoms with E-state index in [0.717, 1.165) is 18.7 Å². The van der Waals surface area contributed by atoms with Gasteiger partial charge in [-0.1, -0.05) is 26.0 Å². The number of ether oxygens (including phenoxy) is 2. The predicted molar refractivity (Wildman–Crippen MR) is 124 cm³/mol. The molecule has 3 rings (SSSR count). The molecule has 8 heteroatoms. The quantitative estimate of drug-likeness (QED) is 0.605. The number of morpholine rings is 1. The van der Waals surface area contributed by atoms with Gasteiger partial charge >= 0.3 is 0 Å². The van der Waals surface area contributed by atoms with Crippen molar-refractivity contribution in [1.82, 2.24) is 15.5 Å². The van der Waals surface area contributed by atoms with Crippen LogP contribution in [0.15, 0.2) is 48.5 Å². The van der Waals surface area contributed by atoms with Crippen LogP contribution in [0.2, 0.25) is 0 Å². The van der Waals surface area contributed by atoms with E-state index < -0.39 is 6.04 Å². The van der Waals surface area contributed by atoms with Crippen molar-refractivity contribution in [1.29, 1.82) is 0 Å². The second-order valence-corrected chi connectivity index (χ2v) is 8.38. The normalized spacial score (nSPS) is 16.2. The van der Waals surface area contributed by atoms with Gasteiger partial charge in [0.2, 0.25) is 5.91 Å². The first-order valence-corrected chi connectivity index (χ1v) is 11.2. The van der Waals surface area contributed by atoms with Gasteiger partial charge in [0.05, 0.1) is 26.4 Å². The molecule has 0 aromatic heterocycles. The molecular formula is C25H32FN3O4.